The summed E-state index contributed by atoms with van der Waals surface area (Å²) in [5, 5.41) is 0. The SMILES string of the molecule is CCC(=O)C=C(N)CC.CCC(=O)C=C(N)CC. The molecular weight excluding hydrogens is 228 g/mol. The van der Waals surface area contributed by atoms with E-state index >= 15 is 0 Å². The van der Waals surface area contributed by atoms with E-state index in [1.165, 1.54) is 12.2 Å². The lowest BCUT2D eigenvalue weighted by molar-refractivity contribution is -0.115. The van der Waals surface area contributed by atoms with Gasteiger partial charge >= 0.3 is 0 Å². The predicted octanol–water partition coefficient (Wildman–Crippen LogP) is 2.44. The fourth-order valence-corrected chi connectivity index (χ4v) is 0.822. The Bertz CT molecular complexity index is 286. The van der Waals surface area contributed by atoms with Crippen molar-refractivity contribution in [1.29, 1.82) is 0 Å². The molecule has 0 aromatic carbocycles. The summed E-state index contributed by atoms with van der Waals surface area (Å²) >= 11 is 0. The van der Waals surface area contributed by atoms with Crippen molar-refractivity contribution in [3.8, 4) is 0 Å². The smallest absolute Gasteiger partial charge is 0.157 e. The highest BCUT2D eigenvalue weighted by molar-refractivity contribution is 5.90. The number of rotatable bonds is 6. The van der Waals surface area contributed by atoms with E-state index in [1.54, 1.807) is 0 Å². The first-order valence-electron chi connectivity index (χ1n) is 6.38. The number of carbonyl (C=O) groups excluding carboxylic acids is 2. The molecule has 4 nitrogen and oxygen atoms in total. The third kappa shape index (κ3) is 12.5. The van der Waals surface area contributed by atoms with Crippen LogP contribution in [0.5, 0.6) is 0 Å². The highest BCUT2D eigenvalue weighted by Crippen LogP contribution is 1.92. The average molecular weight is 254 g/mol. The van der Waals surface area contributed by atoms with Crippen LogP contribution in [0.4, 0.5) is 0 Å². The van der Waals surface area contributed by atoms with Crippen LogP contribution in [-0.2, 0) is 9.59 Å². The highest BCUT2D eigenvalue weighted by atomic mass is 16.1. The Kier molecular flexibility index (Phi) is 12.4. The molecule has 0 fully saturated rings. The van der Waals surface area contributed by atoms with Gasteiger partial charge in [-0.2, -0.15) is 0 Å². The van der Waals surface area contributed by atoms with E-state index in [4.69, 9.17) is 11.5 Å². The number of hydrogen-bond acceptors (Lipinski definition) is 4. The summed E-state index contributed by atoms with van der Waals surface area (Å²) in [6, 6.07) is 0. The number of ketones is 2. The molecule has 0 bridgehead atoms. The molecule has 0 aliphatic carbocycles. The summed E-state index contributed by atoms with van der Waals surface area (Å²) in [7, 11) is 0. The van der Waals surface area contributed by atoms with Gasteiger partial charge in [0.15, 0.2) is 11.6 Å². The van der Waals surface area contributed by atoms with E-state index in [-0.39, 0.29) is 11.6 Å². The Morgan fingerprint density at radius 1 is 0.722 bits per heavy atom. The monoisotopic (exact) mass is 254 g/mol. The molecule has 104 valence electrons. The fraction of sp³-hybridized carbons (Fsp3) is 0.571. The van der Waals surface area contributed by atoms with E-state index in [0.29, 0.717) is 24.2 Å². The topological polar surface area (TPSA) is 86.2 Å². The standard InChI is InChI=1S/2C7H13NO/c2*1-3-6(8)5-7(9)4-2/h2*5H,3-4,8H2,1-2H3. The Hall–Kier alpha value is -1.58. The number of hydrogen-bond donors (Lipinski definition) is 2. The summed E-state index contributed by atoms with van der Waals surface area (Å²) < 4.78 is 0. The quantitative estimate of drug-likeness (QED) is 0.713. The minimum Gasteiger partial charge on any atom is -0.402 e. The minimum absolute atomic E-state index is 0.106. The van der Waals surface area contributed by atoms with Crippen LogP contribution in [0.15, 0.2) is 23.5 Å². The summed E-state index contributed by atoms with van der Waals surface area (Å²) in [6.45, 7) is 7.49. The van der Waals surface area contributed by atoms with E-state index < -0.39 is 0 Å². The molecule has 0 aliphatic heterocycles. The van der Waals surface area contributed by atoms with Crippen molar-refractivity contribution >= 4 is 11.6 Å². The minimum atomic E-state index is 0.106. The molecule has 0 radical (unpaired) electrons. The lowest BCUT2D eigenvalue weighted by Crippen LogP contribution is -1.99. The second-order valence-electron chi connectivity index (χ2n) is 3.79. The molecule has 0 rings (SSSR count). The van der Waals surface area contributed by atoms with Crippen molar-refractivity contribution in [2.24, 2.45) is 11.5 Å². The maximum Gasteiger partial charge on any atom is 0.157 e. The molecule has 4 N–H and O–H groups in total. The molecule has 0 atom stereocenters. The number of carbonyl (C=O) groups is 2. The van der Waals surface area contributed by atoms with Crippen molar-refractivity contribution in [1.82, 2.24) is 0 Å². The molecule has 4 heteroatoms. The van der Waals surface area contributed by atoms with Crippen LogP contribution in [-0.4, -0.2) is 11.6 Å². The molecule has 0 aliphatic rings. The van der Waals surface area contributed by atoms with Gasteiger partial charge in [-0.05, 0) is 25.0 Å². The zero-order chi connectivity index (χ0) is 14.6. The lowest BCUT2D eigenvalue weighted by atomic mass is 10.2. The Balaban J connectivity index is 0. The van der Waals surface area contributed by atoms with Crippen molar-refractivity contribution in [3.05, 3.63) is 23.5 Å². The van der Waals surface area contributed by atoms with Crippen molar-refractivity contribution < 1.29 is 9.59 Å². The first kappa shape index (κ1) is 18.8. The van der Waals surface area contributed by atoms with Crippen LogP contribution in [0.25, 0.3) is 0 Å². The fourth-order valence-electron chi connectivity index (χ4n) is 0.822. The van der Waals surface area contributed by atoms with Gasteiger partial charge in [0.25, 0.3) is 0 Å². The van der Waals surface area contributed by atoms with Gasteiger partial charge in [0.1, 0.15) is 0 Å². The predicted molar refractivity (Wildman–Crippen MR) is 75.7 cm³/mol. The second kappa shape index (κ2) is 11.9. The number of nitrogens with two attached hydrogens (primary N) is 2. The van der Waals surface area contributed by atoms with E-state index in [1.807, 2.05) is 27.7 Å². The second-order valence-corrected chi connectivity index (χ2v) is 3.79. The van der Waals surface area contributed by atoms with Crippen LogP contribution in [0.1, 0.15) is 53.4 Å². The normalized spacial score (nSPS) is 11.6. The first-order valence-corrected chi connectivity index (χ1v) is 6.38. The summed E-state index contributed by atoms with van der Waals surface area (Å²) in [5.74, 6) is 0.212. The van der Waals surface area contributed by atoms with Crippen LogP contribution in [0, 0.1) is 0 Å². The van der Waals surface area contributed by atoms with Crippen molar-refractivity contribution in [2.45, 2.75) is 53.4 Å². The number of allylic oxidation sites excluding steroid dienone is 4. The third-order valence-corrected chi connectivity index (χ3v) is 2.21. The molecule has 0 aromatic heterocycles. The maximum absolute atomic E-state index is 10.6. The van der Waals surface area contributed by atoms with Gasteiger partial charge in [0.05, 0.1) is 0 Å². The maximum atomic E-state index is 10.6. The van der Waals surface area contributed by atoms with Crippen LogP contribution in [0.3, 0.4) is 0 Å². The van der Waals surface area contributed by atoms with Gasteiger partial charge in [0, 0.05) is 24.2 Å². The van der Waals surface area contributed by atoms with Crippen LogP contribution >= 0.6 is 0 Å². The van der Waals surface area contributed by atoms with Gasteiger partial charge < -0.3 is 11.5 Å². The largest absolute Gasteiger partial charge is 0.402 e. The van der Waals surface area contributed by atoms with Crippen molar-refractivity contribution in [3.63, 3.8) is 0 Å². The summed E-state index contributed by atoms with van der Waals surface area (Å²) in [6.07, 6.45) is 5.60. The molecule has 0 spiro atoms. The van der Waals surface area contributed by atoms with Gasteiger partial charge in [-0.15, -0.1) is 0 Å². The molecule has 0 aromatic rings. The van der Waals surface area contributed by atoms with Gasteiger partial charge in [-0.1, -0.05) is 27.7 Å². The highest BCUT2D eigenvalue weighted by Gasteiger charge is 1.92. The Morgan fingerprint density at radius 2 is 1.00 bits per heavy atom. The first-order chi connectivity index (χ1) is 8.40. The van der Waals surface area contributed by atoms with Gasteiger partial charge in [-0.3, -0.25) is 9.59 Å². The zero-order valence-electron chi connectivity index (χ0n) is 12.0. The average Bonchev–Trinajstić information content (AvgIpc) is 2.38. The molecule has 0 heterocycles. The van der Waals surface area contributed by atoms with Gasteiger partial charge in [-0.25, -0.2) is 0 Å². The van der Waals surface area contributed by atoms with E-state index in [9.17, 15) is 9.59 Å². The molecule has 0 unspecified atom stereocenters. The Labute approximate surface area is 110 Å². The van der Waals surface area contributed by atoms with Crippen LogP contribution in [0.2, 0.25) is 0 Å². The summed E-state index contributed by atoms with van der Waals surface area (Å²) in [4.78, 5) is 21.2. The molecule has 0 saturated heterocycles. The van der Waals surface area contributed by atoms with Crippen LogP contribution < -0.4 is 11.5 Å². The molecular formula is C14H26N2O2. The Morgan fingerprint density at radius 3 is 1.17 bits per heavy atom. The summed E-state index contributed by atoms with van der Waals surface area (Å²) in [5.41, 5.74) is 12.1. The third-order valence-electron chi connectivity index (χ3n) is 2.21. The molecule has 0 amide bonds. The van der Waals surface area contributed by atoms with E-state index in [2.05, 4.69) is 0 Å². The van der Waals surface area contributed by atoms with Crippen molar-refractivity contribution in [2.75, 3.05) is 0 Å². The van der Waals surface area contributed by atoms with Gasteiger partial charge in [0.2, 0.25) is 0 Å². The lowest BCUT2D eigenvalue weighted by Gasteiger charge is -1.91. The van der Waals surface area contributed by atoms with E-state index in [0.717, 1.165) is 12.8 Å². The molecule has 0 saturated carbocycles. The zero-order valence-corrected chi connectivity index (χ0v) is 12.0. The molecule has 18 heavy (non-hydrogen) atoms.